The zero-order valence-electron chi connectivity index (χ0n) is 12.5. The van der Waals surface area contributed by atoms with E-state index in [9.17, 15) is 4.79 Å². The van der Waals surface area contributed by atoms with Crippen molar-refractivity contribution in [1.29, 1.82) is 0 Å². The molecule has 0 bridgehead atoms. The highest BCUT2D eigenvalue weighted by Crippen LogP contribution is 2.36. The molecule has 0 spiro atoms. The number of thioether (sulfide) groups is 1. The SMILES string of the molecule is O=C(CSc1ccccn1)c1ccc2c(c1)Cc1ccccc1-2. The van der Waals surface area contributed by atoms with Crippen LogP contribution in [-0.2, 0) is 6.42 Å². The second-order valence-electron chi connectivity index (χ2n) is 5.59. The largest absolute Gasteiger partial charge is 0.293 e. The van der Waals surface area contributed by atoms with E-state index in [0.29, 0.717) is 5.75 Å². The first-order valence-corrected chi connectivity index (χ1v) is 8.58. The van der Waals surface area contributed by atoms with Crippen molar-refractivity contribution >= 4 is 17.5 Å². The van der Waals surface area contributed by atoms with Crippen molar-refractivity contribution in [1.82, 2.24) is 4.98 Å². The van der Waals surface area contributed by atoms with E-state index in [1.165, 1.54) is 34.0 Å². The van der Waals surface area contributed by atoms with Crippen LogP contribution >= 0.6 is 11.8 Å². The highest BCUT2D eigenvalue weighted by molar-refractivity contribution is 7.99. The number of rotatable bonds is 4. The molecule has 1 aromatic heterocycles. The Kier molecular flexibility index (Phi) is 3.72. The number of carbonyl (C=O) groups excluding carboxylic acids is 1. The van der Waals surface area contributed by atoms with Crippen molar-refractivity contribution in [2.75, 3.05) is 5.75 Å². The Balaban J connectivity index is 1.53. The number of aromatic nitrogens is 1. The van der Waals surface area contributed by atoms with Crippen molar-refractivity contribution < 1.29 is 4.79 Å². The maximum Gasteiger partial charge on any atom is 0.173 e. The Hall–Kier alpha value is -2.39. The number of fused-ring (bicyclic) bond motifs is 3. The Bertz CT molecular complexity index is 874. The van der Waals surface area contributed by atoms with Crippen molar-refractivity contribution in [2.45, 2.75) is 11.4 Å². The number of hydrogen-bond acceptors (Lipinski definition) is 3. The van der Waals surface area contributed by atoms with Gasteiger partial charge < -0.3 is 0 Å². The average molecular weight is 317 g/mol. The maximum atomic E-state index is 12.4. The molecule has 4 rings (SSSR count). The predicted molar refractivity (Wildman–Crippen MR) is 94.0 cm³/mol. The molecule has 3 aromatic rings. The van der Waals surface area contributed by atoms with E-state index in [1.54, 1.807) is 6.20 Å². The standard InChI is InChI=1S/C20H15NOS/c22-19(13-23-20-7-3-4-10-21-20)15-8-9-18-16(12-15)11-14-5-1-2-6-17(14)18/h1-10,12H,11,13H2. The molecule has 0 fully saturated rings. The molecular weight excluding hydrogens is 302 g/mol. The smallest absolute Gasteiger partial charge is 0.173 e. The van der Waals surface area contributed by atoms with Crippen LogP contribution in [-0.4, -0.2) is 16.5 Å². The summed E-state index contributed by atoms with van der Waals surface area (Å²) in [6.45, 7) is 0. The number of nitrogens with zero attached hydrogens (tertiary/aromatic N) is 1. The van der Waals surface area contributed by atoms with Crippen molar-refractivity contribution in [2.24, 2.45) is 0 Å². The highest BCUT2D eigenvalue weighted by atomic mass is 32.2. The summed E-state index contributed by atoms with van der Waals surface area (Å²) in [6.07, 6.45) is 2.67. The van der Waals surface area contributed by atoms with E-state index in [1.807, 2.05) is 24.3 Å². The third kappa shape index (κ3) is 2.80. The lowest BCUT2D eigenvalue weighted by Gasteiger charge is -2.05. The van der Waals surface area contributed by atoms with Crippen LogP contribution in [0.15, 0.2) is 71.9 Å². The normalized spacial score (nSPS) is 11.8. The van der Waals surface area contributed by atoms with E-state index in [-0.39, 0.29) is 5.78 Å². The molecule has 1 aliphatic rings. The summed E-state index contributed by atoms with van der Waals surface area (Å²) in [6, 6.07) is 20.3. The van der Waals surface area contributed by atoms with Gasteiger partial charge >= 0.3 is 0 Å². The van der Waals surface area contributed by atoms with Gasteiger partial charge in [0.1, 0.15) is 0 Å². The fourth-order valence-electron chi connectivity index (χ4n) is 2.97. The van der Waals surface area contributed by atoms with Crippen LogP contribution < -0.4 is 0 Å². The summed E-state index contributed by atoms with van der Waals surface area (Å²) < 4.78 is 0. The van der Waals surface area contributed by atoms with E-state index in [0.717, 1.165) is 17.0 Å². The van der Waals surface area contributed by atoms with Crippen LogP contribution in [0.4, 0.5) is 0 Å². The topological polar surface area (TPSA) is 30.0 Å². The van der Waals surface area contributed by atoms with Gasteiger partial charge in [-0.15, -0.1) is 0 Å². The Morgan fingerprint density at radius 1 is 0.957 bits per heavy atom. The second-order valence-corrected chi connectivity index (χ2v) is 6.58. The molecule has 2 nitrogen and oxygen atoms in total. The zero-order chi connectivity index (χ0) is 15.6. The third-order valence-corrected chi connectivity index (χ3v) is 5.05. The summed E-state index contributed by atoms with van der Waals surface area (Å²) in [5, 5.41) is 0.884. The van der Waals surface area contributed by atoms with Crippen LogP contribution in [0.2, 0.25) is 0 Å². The average Bonchev–Trinajstić information content (AvgIpc) is 2.98. The first-order chi connectivity index (χ1) is 11.3. The van der Waals surface area contributed by atoms with E-state index < -0.39 is 0 Å². The number of pyridine rings is 1. The molecule has 3 heteroatoms. The Labute approximate surface area is 139 Å². The van der Waals surface area contributed by atoms with Crippen LogP contribution in [0.3, 0.4) is 0 Å². The number of hydrogen-bond donors (Lipinski definition) is 0. The Morgan fingerprint density at radius 3 is 2.65 bits per heavy atom. The van der Waals surface area contributed by atoms with Gasteiger partial charge in [0.15, 0.2) is 5.78 Å². The Morgan fingerprint density at radius 2 is 1.78 bits per heavy atom. The summed E-state index contributed by atoms with van der Waals surface area (Å²) in [5.74, 6) is 0.572. The molecular formula is C20H15NOS. The molecule has 1 aliphatic carbocycles. The monoisotopic (exact) mass is 317 g/mol. The minimum Gasteiger partial charge on any atom is -0.293 e. The fourth-order valence-corrected chi connectivity index (χ4v) is 3.73. The van der Waals surface area contributed by atoms with Gasteiger partial charge in [-0.25, -0.2) is 4.98 Å². The third-order valence-electron chi connectivity index (χ3n) is 4.10. The lowest BCUT2D eigenvalue weighted by molar-refractivity contribution is 0.102. The molecule has 0 atom stereocenters. The molecule has 23 heavy (non-hydrogen) atoms. The van der Waals surface area contributed by atoms with Gasteiger partial charge in [0.05, 0.1) is 10.8 Å². The summed E-state index contributed by atoms with van der Waals surface area (Å²) in [5.41, 5.74) is 5.94. The molecule has 0 radical (unpaired) electrons. The quantitative estimate of drug-likeness (QED) is 0.406. The molecule has 2 aromatic carbocycles. The number of ketones is 1. The summed E-state index contributed by atoms with van der Waals surface area (Å²) in [4.78, 5) is 16.7. The number of carbonyl (C=O) groups is 1. The van der Waals surface area contributed by atoms with Gasteiger partial charge in [-0.2, -0.15) is 0 Å². The molecule has 112 valence electrons. The minimum absolute atomic E-state index is 0.152. The van der Waals surface area contributed by atoms with Crippen LogP contribution in [0.5, 0.6) is 0 Å². The van der Waals surface area contributed by atoms with Crippen molar-refractivity contribution in [3.8, 4) is 11.1 Å². The van der Waals surface area contributed by atoms with Gasteiger partial charge in [0.2, 0.25) is 0 Å². The maximum absolute atomic E-state index is 12.4. The van der Waals surface area contributed by atoms with Crippen LogP contribution in [0.1, 0.15) is 21.5 Å². The molecule has 0 N–H and O–H groups in total. The molecule has 0 aliphatic heterocycles. The van der Waals surface area contributed by atoms with Crippen LogP contribution in [0, 0.1) is 0 Å². The highest BCUT2D eigenvalue weighted by Gasteiger charge is 2.19. The van der Waals surface area contributed by atoms with E-state index >= 15 is 0 Å². The summed E-state index contributed by atoms with van der Waals surface area (Å²) in [7, 11) is 0. The van der Waals surface area contributed by atoms with Crippen LogP contribution in [0.25, 0.3) is 11.1 Å². The van der Waals surface area contributed by atoms with E-state index in [2.05, 4.69) is 41.4 Å². The van der Waals surface area contributed by atoms with Gasteiger partial charge in [-0.05, 0) is 46.9 Å². The predicted octanol–water partition coefficient (Wildman–Crippen LogP) is 4.63. The fraction of sp³-hybridized carbons (Fsp3) is 0.100. The lowest BCUT2D eigenvalue weighted by Crippen LogP contribution is -2.03. The van der Waals surface area contributed by atoms with Gasteiger partial charge in [0, 0.05) is 11.8 Å². The second kappa shape index (κ2) is 6.01. The molecule has 0 unspecified atom stereocenters. The molecule has 1 heterocycles. The zero-order valence-corrected chi connectivity index (χ0v) is 13.3. The van der Waals surface area contributed by atoms with Crippen molar-refractivity contribution in [3.05, 3.63) is 83.6 Å². The number of benzene rings is 2. The van der Waals surface area contributed by atoms with Gasteiger partial charge in [-0.1, -0.05) is 54.2 Å². The molecule has 0 amide bonds. The van der Waals surface area contributed by atoms with Gasteiger partial charge in [-0.3, -0.25) is 4.79 Å². The molecule has 0 saturated heterocycles. The lowest BCUT2D eigenvalue weighted by atomic mass is 10.0. The minimum atomic E-state index is 0.152. The first kappa shape index (κ1) is 14.2. The first-order valence-electron chi connectivity index (χ1n) is 7.59. The number of Topliss-reactive ketones (excluding diaryl/α,β-unsaturated/α-hetero) is 1. The molecule has 0 saturated carbocycles. The van der Waals surface area contributed by atoms with Crippen molar-refractivity contribution in [3.63, 3.8) is 0 Å². The summed E-state index contributed by atoms with van der Waals surface area (Å²) >= 11 is 1.48. The van der Waals surface area contributed by atoms with E-state index in [4.69, 9.17) is 0 Å². The van der Waals surface area contributed by atoms with Gasteiger partial charge in [0.25, 0.3) is 0 Å².